The number of rotatable bonds is 3. The van der Waals surface area contributed by atoms with Crippen LogP contribution in [0.1, 0.15) is 25.0 Å². The van der Waals surface area contributed by atoms with Crippen molar-refractivity contribution >= 4 is 23.0 Å². The molecule has 0 bridgehead atoms. The molecular formula is C20H21N3O3. The minimum atomic E-state index is -0.469. The molecule has 6 heteroatoms. The number of nitrogens with zero attached hydrogens (tertiary/aromatic N) is 2. The van der Waals surface area contributed by atoms with Crippen molar-refractivity contribution in [3.63, 3.8) is 0 Å². The zero-order chi connectivity index (χ0) is 18.9. The standard InChI is InChI=1S/C20H21N3O3/c1-20(2)13-14-6-4-5-7-17(14)18(22(20)3)12-19(24)21-15-8-10-16(11-9-15)23(25)26/h4-12H,13H2,1-3H3,(H,21,24). The fraction of sp³-hybridized carbons (Fsp3) is 0.250. The van der Waals surface area contributed by atoms with Gasteiger partial charge in [0.25, 0.3) is 5.69 Å². The van der Waals surface area contributed by atoms with Gasteiger partial charge in [0.2, 0.25) is 5.91 Å². The van der Waals surface area contributed by atoms with Gasteiger partial charge in [0, 0.05) is 47.7 Å². The second-order valence-corrected chi connectivity index (χ2v) is 7.03. The molecule has 3 rings (SSSR count). The Morgan fingerprint density at radius 2 is 1.85 bits per heavy atom. The van der Waals surface area contributed by atoms with Gasteiger partial charge >= 0.3 is 0 Å². The Bertz CT molecular complexity index is 885. The highest BCUT2D eigenvalue weighted by Crippen LogP contribution is 2.36. The Labute approximate surface area is 152 Å². The first kappa shape index (κ1) is 17.7. The number of likely N-dealkylation sites (N-methyl/N-ethyl adjacent to an activating group) is 1. The van der Waals surface area contributed by atoms with E-state index in [4.69, 9.17) is 0 Å². The van der Waals surface area contributed by atoms with Gasteiger partial charge < -0.3 is 10.2 Å². The van der Waals surface area contributed by atoms with Gasteiger partial charge in [-0.25, -0.2) is 0 Å². The van der Waals surface area contributed by atoms with Crippen molar-refractivity contribution in [2.24, 2.45) is 0 Å². The summed E-state index contributed by atoms with van der Waals surface area (Å²) in [6.07, 6.45) is 2.49. The van der Waals surface area contributed by atoms with Gasteiger partial charge in [-0.3, -0.25) is 14.9 Å². The minimum Gasteiger partial charge on any atom is -0.368 e. The summed E-state index contributed by atoms with van der Waals surface area (Å²) in [5.74, 6) is -0.270. The number of fused-ring (bicyclic) bond motifs is 1. The predicted molar refractivity (Wildman–Crippen MR) is 102 cm³/mol. The number of hydrogen-bond acceptors (Lipinski definition) is 4. The third kappa shape index (κ3) is 3.44. The maximum Gasteiger partial charge on any atom is 0.269 e. The maximum absolute atomic E-state index is 12.5. The fourth-order valence-electron chi connectivity index (χ4n) is 3.16. The molecule has 1 heterocycles. The van der Waals surface area contributed by atoms with Gasteiger partial charge in [-0.05, 0) is 38.0 Å². The zero-order valence-electron chi connectivity index (χ0n) is 15.0. The summed E-state index contributed by atoms with van der Waals surface area (Å²) in [5, 5.41) is 13.5. The number of nitro groups is 1. The van der Waals surface area contributed by atoms with Crippen LogP contribution in [0, 0.1) is 10.1 Å². The summed E-state index contributed by atoms with van der Waals surface area (Å²) in [6, 6.07) is 13.9. The number of carbonyl (C=O) groups is 1. The average Bonchev–Trinajstić information content (AvgIpc) is 2.59. The van der Waals surface area contributed by atoms with Crippen molar-refractivity contribution in [1.82, 2.24) is 4.90 Å². The molecule has 0 aliphatic carbocycles. The molecule has 1 amide bonds. The third-order valence-electron chi connectivity index (χ3n) is 4.80. The van der Waals surface area contributed by atoms with E-state index in [0.717, 1.165) is 17.7 Å². The van der Waals surface area contributed by atoms with Crippen molar-refractivity contribution in [3.05, 3.63) is 75.8 Å². The summed E-state index contributed by atoms with van der Waals surface area (Å²) >= 11 is 0. The van der Waals surface area contributed by atoms with Crippen LogP contribution in [0.15, 0.2) is 54.6 Å². The molecule has 0 saturated carbocycles. The largest absolute Gasteiger partial charge is 0.368 e. The lowest BCUT2D eigenvalue weighted by molar-refractivity contribution is -0.384. The highest BCUT2D eigenvalue weighted by atomic mass is 16.6. The number of nitrogens with one attached hydrogen (secondary N) is 1. The molecule has 1 N–H and O–H groups in total. The van der Waals surface area contributed by atoms with Crippen LogP contribution in [0.3, 0.4) is 0 Å². The average molecular weight is 351 g/mol. The monoisotopic (exact) mass is 351 g/mol. The van der Waals surface area contributed by atoms with Crippen LogP contribution in [0.4, 0.5) is 11.4 Å². The van der Waals surface area contributed by atoms with E-state index in [9.17, 15) is 14.9 Å². The topological polar surface area (TPSA) is 75.5 Å². The van der Waals surface area contributed by atoms with Crippen LogP contribution >= 0.6 is 0 Å². The van der Waals surface area contributed by atoms with Crippen LogP contribution in [0.2, 0.25) is 0 Å². The first-order valence-corrected chi connectivity index (χ1v) is 8.37. The summed E-state index contributed by atoms with van der Waals surface area (Å²) < 4.78 is 0. The Hall–Kier alpha value is -3.15. The Balaban J connectivity index is 1.88. The Morgan fingerprint density at radius 3 is 2.50 bits per heavy atom. The first-order valence-electron chi connectivity index (χ1n) is 8.37. The van der Waals surface area contributed by atoms with E-state index < -0.39 is 4.92 Å². The lowest BCUT2D eigenvalue weighted by Gasteiger charge is -2.44. The van der Waals surface area contributed by atoms with Gasteiger partial charge in [-0.2, -0.15) is 0 Å². The van der Waals surface area contributed by atoms with E-state index in [2.05, 4.69) is 30.1 Å². The lowest BCUT2D eigenvalue weighted by atomic mass is 9.84. The molecule has 1 aliphatic rings. The molecule has 6 nitrogen and oxygen atoms in total. The van der Waals surface area contributed by atoms with Crippen LogP contribution in [0.5, 0.6) is 0 Å². The number of carbonyl (C=O) groups excluding carboxylic acids is 1. The molecule has 2 aromatic rings. The number of benzene rings is 2. The number of amides is 1. The van der Waals surface area contributed by atoms with E-state index in [1.807, 2.05) is 25.2 Å². The van der Waals surface area contributed by atoms with Crippen molar-refractivity contribution < 1.29 is 9.72 Å². The van der Waals surface area contributed by atoms with Crippen LogP contribution in [0.25, 0.3) is 5.70 Å². The van der Waals surface area contributed by atoms with Crippen LogP contribution in [-0.4, -0.2) is 28.3 Å². The van der Waals surface area contributed by atoms with Gasteiger partial charge in [0.15, 0.2) is 0 Å². The van der Waals surface area contributed by atoms with Crippen molar-refractivity contribution in [1.29, 1.82) is 0 Å². The first-order chi connectivity index (χ1) is 12.3. The van der Waals surface area contributed by atoms with Crippen LogP contribution in [-0.2, 0) is 11.2 Å². The van der Waals surface area contributed by atoms with Crippen molar-refractivity contribution in [3.8, 4) is 0 Å². The zero-order valence-corrected chi connectivity index (χ0v) is 15.0. The van der Waals surface area contributed by atoms with Gasteiger partial charge in [0.05, 0.1) is 4.92 Å². The summed E-state index contributed by atoms with van der Waals surface area (Å²) in [4.78, 5) is 24.9. The Kier molecular flexibility index (Phi) is 4.50. The molecule has 134 valence electrons. The second kappa shape index (κ2) is 6.63. The molecule has 0 unspecified atom stereocenters. The number of hydrogen-bond donors (Lipinski definition) is 1. The highest BCUT2D eigenvalue weighted by Gasteiger charge is 2.33. The molecule has 0 aromatic heterocycles. The van der Waals surface area contributed by atoms with E-state index in [-0.39, 0.29) is 17.1 Å². The summed E-state index contributed by atoms with van der Waals surface area (Å²) in [6.45, 7) is 4.29. The Morgan fingerprint density at radius 1 is 1.19 bits per heavy atom. The fourth-order valence-corrected chi connectivity index (χ4v) is 3.16. The second-order valence-electron chi connectivity index (χ2n) is 7.03. The van der Waals surface area contributed by atoms with E-state index in [1.54, 1.807) is 6.08 Å². The van der Waals surface area contributed by atoms with Gasteiger partial charge in [-0.15, -0.1) is 0 Å². The molecular weight excluding hydrogens is 330 g/mol. The maximum atomic E-state index is 12.5. The summed E-state index contributed by atoms with van der Waals surface area (Å²) in [7, 11) is 1.99. The van der Waals surface area contributed by atoms with Gasteiger partial charge in [0.1, 0.15) is 0 Å². The van der Waals surface area contributed by atoms with Crippen LogP contribution < -0.4 is 5.32 Å². The van der Waals surface area contributed by atoms with E-state index >= 15 is 0 Å². The third-order valence-corrected chi connectivity index (χ3v) is 4.80. The lowest BCUT2D eigenvalue weighted by Crippen LogP contribution is -2.45. The molecule has 1 aliphatic heterocycles. The quantitative estimate of drug-likeness (QED) is 0.518. The summed E-state index contributed by atoms with van der Waals surface area (Å²) in [5.41, 5.74) is 3.52. The number of nitro benzene ring substituents is 1. The normalized spacial score (nSPS) is 16.9. The molecule has 0 fully saturated rings. The molecule has 0 spiro atoms. The molecule has 0 radical (unpaired) electrons. The van der Waals surface area contributed by atoms with E-state index in [1.165, 1.54) is 29.8 Å². The molecule has 26 heavy (non-hydrogen) atoms. The smallest absolute Gasteiger partial charge is 0.269 e. The molecule has 0 saturated heterocycles. The highest BCUT2D eigenvalue weighted by molar-refractivity contribution is 6.04. The van der Waals surface area contributed by atoms with Crippen molar-refractivity contribution in [2.45, 2.75) is 25.8 Å². The minimum absolute atomic E-state index is 0.0101. The molecule has 2 aromatic carbocycles. The number of non-ortho nitro benzene ring substituents is 1. The van der Waals surface area contributed by atoms with E-state index in [0.29, 0.717) is 5.69 Å². The van der Waals surface area contributed by atoms with Gasteiger partial charge in [-0.1, -0.05) is 24.3 Å². The number of anilines is 1. The SMILES string of the molecule is CN1C(=CC(=O)Nc2ccc([N+](=O)[O-])cc2)c2ccccc2CC1(C)C. The predicted octanol–water partition coefficient (Wildman–Crippen LogP) is 3.84. The van der Waals surface area contributed by atoms with Crippen molar-refractivity contribution in [2.75, 3.05) is 12.4 Å². The molecule has 0 atom stereocenters.